The Morgan fingerprint density at radius 3 is 2.31 bits per heavy atom. The molecule has 0 radical (unpaired) electrons. The molecule has 0 aromatic heterocycles. The van der Waals surface area contributed by atoms with Crippen molar-refractivity contribution in [2.75, 3.05) is 14.2 Å². The molecule has 132 valence electrons. The normalized spacial score (nSPS) is 16.7. The Morgan fingerprint density at radius 2 is 1.69 bits per heavy atom. The predicted octanol–water partition coefficient (Wildman–Crippen LogP) is 3.30. The zero-order chi connectivity index (χ0) is 18.4. The van der Waals surface area contributed by atoms with Crippen LogP contribution in [0, 0.1) is 0 Å². The number of methoxy groups -OCH3 is 2. The summed E-state index contributed by atoms with van der Waals surface area (Å²) in [5, 5.41) is 3.19. The van der Waals surface area contributed by atoms with E-state index in [0.717, 1.165) is 11.1 Å². The Labute approximate surface area is 152 Å². The monoisotopic (exact) mass is 348 g/mol. The summed E-state index contributed by atoms with van der Waals surface area (Å²) in [6.45, 7) is 0.444. The van der Waals surface area contributed by atoms with Gasteiger partial charge in [-0.3, -0.25) is 4.99 Å². The highest BCUT2D eigenvalue weighted by atomic mass is 16.5. The summed E-state index contributed by atoms with van der Waals surface area (Å²) in [5.41, 5.74) is 3.00. The van der Waals surface area contributed by atoms with Gasteiger partial charge in [0.2, 0.25) is 0 Å². The van der Waals surface area contributed by atoms with E-state index in [1.54, 1.807) is 0 Å². The second-order valence-corrected chi connectivity index (χ2v) is 5.64. The lowest BCUT2D eigenvalue weighted by Crippen LogP contribution is -2.22. The fourth-order valence-corrected chi connectivity index (χ4v) is 2.68. The van der Waals surface area contributed by atoms with Crippen molar-refractivity contribution in [3.8, 4) is 0 Å². The van der Waals surface area contributed by atoms with Crippen molar-refractivity contribution in [2.24, 2.45) is 4.99 Å². The first kappa shape index (κ1) is 17.5. The number of nitrogens with one attached hydrogen (secondary N) is 1. The minimum absolute atomic E-state index is 0.299. The molecule has 5 nitrogen and oxygen atoms in total. The molecule has 1 aliphatic rings. The fourth-order valence-electron chi connectivity index (χ4n) is 2.68. The van der Waals surface area contributed by atoms with Gasteiger partial charge in [0.1, 0.15) is 11.4 Å². The first-order valence-electron chi connectivity index (χ1n) is 8.22. The van der Waals surface area contributed by atoms with Crippen molar-refractivity contribution in [2.45, 2.75) is 6.54 Å². The van der Waals surface area contributed by atoms with E-state index in [2.05, 4.69) is 10.3 Å². The van der Waals surface area contributed by atoms with Gasteiger partial charge in [0.05, 0.1) is 26.5 Å². The van der Waals surface area contributed by atoms with E-state index in [1.165, 1.54) is 14.2 Å². The molecule has 2 aromatic rings. The third-order valence-electron chi connectivity index (χ3n) is 3.93. The molecular weight excluding hydrogens is 328 g/mol. The van der Waals surface area contributed by atoms with Gasteiger partial charge in [0.25, 0.3) is 0 Å². The standard InChI is InChI=1S/C21H20N2O3/c1-25-19-17(13-15-9-5-3-6-10-15)23-20(18(19)21(24)26-2)22-14-16-11-7-4-8-12-16/h3-13H,14H2,1-2H3,(H,22,23)/b17-13-. The number of esters is 1. The molecule has 0 atom stereocenters. The van der Waals surface area contributed by atoms with Crippen LogP contribution in [0.2, 0.25) is 0 Å². The van der Waals surface area contributed by atoms with E-state index < -0.39 is 5.97 Å². The number of hydrogen-bond acceptors (Lipinski definition) is 4. The van der Waals surface area contributed by atoms with Crippen LogP contribution in [0.3, 0.4) is 0 Å². The molecule has 0 aliphatic carbocycles. The van der Waals surface area contributed by atoms with E-state index in [0.29, 0.717) is 29.4 Å². The molecule has 0 fully saturated rings. The molecule has 0 amide bonds. The van der Waals surface area contributed by atoms with Gasteiger partial charge in [-0.15, -0.1) is 0 Å². The first-order chi connectivity index (χ1) is 12.7. The maximum absolute atomic E-state index is 12.3. The summed E-state index contributed by atoms with van der Waals surface area (Å²) < 4.78 is 10.4. The lowest BCUT2D eigenvalue weighted by molar-refractivity contribution is -0.135. The largest absolute Gasteiger partial charge is 0.494 e. The SMILES string of the molecule is COC(=O)C1=C(OC)/C(=C/c2ccccc2)NC1=NCc1ccccc1. The lowest BCUT2D eigenvalue weighted by Gasteiger charge is -2.04. The second kappa shape index (κ2) is 8.16. The number of aliphatic imine (C=N–C) groups is 1. The summed E-state index contributed by atoms with van der Waals surface area (Å²) in [5.74, 6) is 0.380. The van der Waals surface area contributed by atoms with E-state index in [4.69, 9.17) is 9.47 Å². The van der Waals surface area contributed by atoms with E-state index in [-0.39, 0.29) is 0 Å². The van der Waals surface area contributed by atoms with Crippen molar-refractivity contribution in [3.05, 3.63) is 88.8 Å². The molecule has 26 heavy (non-hydrogen) atoms. The third kappa shape index (κ3) is 3.83. The second-order valence-electron chi connectivity index (χ2n) is 5.64. The molecule has 0 bridgehead atoms. The van der Waals surface area contributed by atoms with Crippen molar-refractivity contribution < 1.29 is 14.3 Å². The quantitative estimate of drug-likeness (QED) is 0.842. The molecule has 1 N–H and O–H groups in total. The van der Waals surface area contributed by atoms with Gasteiger partial charge in [-0.25, -0.2) is 4.79 Å². The van der Waals surface area contributed by atoms with Gasteiger partial charge in [0, 0.05) is 0 Å². The first-order valence-corrected chi connectivity index (χ1v) is 8.22. The maximum Gasteiger partial charge on any atom is 0.345 e. The number of ether oxygens (including phenoxy) is 2. The van der Waals surface area contributed by atoms with Crippen molar-refractivity contribution in [1.29, 1.82) is 0 Å². The molecule has 5 heteroatoms. The molecule has 2 aromatic carbocycles. The van der Waals surface area contributed by atoms with Crippen LogP contribution in [0.15, 0.2) is 82.7 Å². The Bertz CT molecular complexity index is 869. The molecule has 0 saturated heterocycles. The molecule has 0 unspecified atom stereocenters. The zero-order valence-electron chi connectivity index (χ0n) is 14.7. The van der Waals surface area contributed by atoms with Crippen LogP contribution in [0.25, 0.3) is 6.08 Å². The summed E-state index contributed by atoms with van der Waals surface area (Å²) in [7, 11) is 2.87. The minimum Gasteiger partial charge on any atom is -0.494 e. The average Bonchev–Trinajstić information content (AvgIpc) is 3.04. The molecule has 1 heterocycles. The number of hydrogen-bond donors (Lipinski definition) is 1. The highest BCUT2D eigenvalue weighted by molar-refractivity contribution is 6.22. The number of nitrogens with zero attached hydrogens (tertiary/aromatic N) is 1. The fraction of sp³-hybridized carbons (Fsp3) is 0.143. The maximum atomic E-state index is 12.3. The van der Waals surface area contributed by atoms with Crippen LogP contribution in [-0.4, -0.2) is 26.0 Å². The number of rotatable bonds is 5. The molecule has 0 spiro atoms. The van der Waals surface area contributed by atoms with Crippen LogP contribution in [0.1, 0.15) is 11.1 Å². The Kier molecular flexibility index (Phi) is 5.49. The van der Waals surface area contributed by atoms with Gasteiger partial charge in [-0.05, 0) is 17.2 Å². The van der Waals surface area contributed by atoms with Crippen LogP contribution in [0.4, 0.5) is 0 Å². The van der Waals surface area contributed by atoms with Gasteiger partial charge in [-0.1, -0.05) is 60.7 Å². The van der Waals surface area contributed by atoms with Crippen molar-refractivity contribution in [3.63, 3.8) is 0 Å². The van der Waals surface area contributed by atoms with E-state index in [1.807, 2.05) is 66.7 Å². The molecule has 3 rings (SSSR count). The average molecular weight is 348 g/mol. The summed E-state index contributed by atoms with van der Waals surface area (Å²) >= 11 is 0. The Hall–Kier alpha value is -3.34. The van der Waals surface area contributed by atoms with Gasteiger partial charge >= 0.3 is 5.97 Å². The number of amidine groups is 1. The summed E-state index contributed by atoms with van der Waals surface area (Å²) in [6.07, 6.45) is 1.91. The molecule has 1 aliphatic heterocycles. The third-order valence-corrected chi connectivity index (χ3v) is 3.93. The smallest absolute Gasteiger partial charge is 0.345 e. The molecular formula is C21H20N2O3. The zero-order valence-corrected chi connectivity index (χ0v) is 14.7. The number of carbonyl (C=O) groups is 1. The number of carbonyl (C=O) groups excluding carboxylic acids is 1. The van der Waals surface area contributed by atoms with Crippen LogP contribution < -0.4 is 5.32 Å². The summed E-state index contributed by atoms with van der Waals surface area (Å²) in [4.78, 5) is 16.9. The van der Waals surface area contributed by atoms with Crippen LogP contribution in [-0.2, 0) is 20.8 Å². The highest BCUT2D eigenvalue weighted by Crippen LogP contribution is 2.25. The van der Waals surface area contributed by atoms with E-state index >= 15 is 0 Å². The Balaban J connectivity index is 1.98. The van der Waals surface area contributed by atoms with E-state index in [9.17, 15) is 4.79 Å². The minimum atomic E-state index is -0.488. The number of benzene rings is 2. The lowest BCUT2D eigenvalue weighted by atomic mass is 10.1. The highest BCUT2D eigenvalue weighted by Gasteiger charge is 2.32. The van der Waals surface area contributed by atoms with Gasteiger partial charge in [-0.2, -0.15) is 0 Å². The predicted molar refractivity (Wildman–Crippen MR) is 101 cm³/mol. The van der Waals surface area contributed by atoms with Crippen LogP contribution >= 0.6 is 0 Å². The van der Waals surface area contributed by atoms with Gasteiger partial charge in [0.15, 0.2) is 5.76 Å². The summed E-state index contributed by atoms with van der Waals surface area (Å²) in [6, 6.07) is 19.6. The van der Waals surface area contributed by atoms with Crippen molar-refractivity contribution >= 4 is 17.9 Å². The van der Waals surface area contributed by atoms with Crippen LogP contribution in [0.5, 0.6) is 0 Å². The molecule has 0 saturated carbocycles. The topological polar surface area (TPSA) is 59.9 Å². The van der Waals surface area contributed by atoms with Gasteiger partial charge < -0.3 is 14.8 Å². The van der Waals surface area contributed by atoms with Crippen molar-refractivity contribution in [1.82, 2.24) is 5.32 Å². The Morgan fingerprint density at radius 1 is 1.04 bits per heavy atom.